The molecule has 30 heavy (non-hydrogen) atoms. The highest BCUT2D eigenvalue weighted by Gasteiger charge is 2.34. The fraction of sp³-hybridized carbons (Fsp3) is 0.391. The molecule has 1 aliphatic heterocycles. The summed E-state index contributed by atoms with van der Waals surface area (Å²) in [6, 6.07) is 11.2. The molecule has 0 unspecified atom stereocenters. The Morgan fingerprint density at radius 1 is 0.933 bits per heavy atom. The SMILES string of the molecule is c1ccc(-c2coc(N3CC(c4ncc5cnn(C6CCCCC6)c5n4)C3)n2)cc1. The number of anilines is 1. The molecule has 4 aromatic rings. The van der Waals surface area contributed by atoms with Crippen molar-refractivity contribution in [1.82, 2.24) is 24.7 Å². The van der Waals surface area contributed by atoms with Crippen LogP contribution in [0.5, 0.6) is 0 Å². The molecular weight excluding hydrogens is 376 g/mol. The summed E-state index contributed by atoms with van der Waals surface area (Å²) in [4.78, 5) is 16.3. The van der Waals surface area contributed by atoms with E-state index in [-0.39, 0.29) is 5.92 Å². The lowest BCUT2D eigenvalue weighted by Crippen LogP contribution is -2.46. The quantitative estimate of drug-likeness (QED) is 0.499. The van der Waals surface area contributed by atoms with Crippen LogP contribution < -0.4 is 4.90 Å². The number of oxazole rings is 1. The second-order valence-corrected chi connectivity index (χ2v) is 8.37. The van der Waals surface area contributed by atoms with Crippen LogP contribution in [0.3, 0.4) is 0 Å². The molecule has 152 valence electrons. The molecule has 1 saturated heterocycles. The number of hydrogen-bond acceptors (Lipinski definition) is 6. The van der Waals surface area contributed by atoms with E-state index in [1.165, 1.54) is 32.1 Å². The Hall–Kier alpha value is -3.22. The molecule has 0 radical (unpaired) electrons. The van der Waals surface area contributed by atoms with Crippen molar-refractivity contribution >= 4 is 17.0 Å². The van der Waals surface area contributed by atoms with Crippen molar-refractivity contribution in [3.8, 4) is 11.3 Å². The maximum atomic E-state index is 5.72. The van der Waals surface area contributed by atoms with Crippen LogP contribution in [0.1, 0.15) is 49.9 Å². The van der Waals surface area contributed by atoms with Crippen molar-refractivity contribution in [2.24, 2.45) is 0 Å². The minimum absolute atomic E-state index is 0.288. The summed E-state index contributed by atoms with van der Waals surface area (Å²) in [5.41, 5.74) is 2.91. The number of nitrogens with zero attached hydrogens (tertiary/aromatic N) is 6. The number of fused-ring (bicyclic) bond motifs is 1. The Kier molecular flexibility index (Phi) is 4.25. The predicted octanol–water partition coefficient (Wildman–Crippen LogP) is 4.59. The summed E-state index contributed by atoms with van der Waals surface area (Å²) in [5.74, 6) is 1.18. The second-order valence-electron chi connectivity index (χ2n) is 8.37. The highest BCUT2D eigenvalue weighted by Crippen LogP contribution is 2.33. The Morgan fingerprint density at radius 2 is 1.77 bits per heavy atom. The summed E-state index contributed by atoms with van der Waals surface area (Å²) in [7, 11) is 0. The Balaban J connectivity index is 1.19. The molecule has 6 rings (SSSR count). The van der Waals surface area contributed by atoms with E-state index in [0.717, 1.165) is 41.2 Å². The van der Waals surface area contributed by atoms with Gasteiger partial charge in [-0.2, -0.15) is 10.1 Å². The summed E-state index contributed by atoms with van der Waals surface area (Å²) in [6.07, 6.45) is 11.8. The molecule has 2 aliphatic rings. The van der Waals surface area contributed by atoms with E-state index in [0.29, 0.717) is 12.1 Å². The number of benzene rings is 1. The van der Waals surface area contributed by atoms with Crippen LogP contribution in [-0.2, 0) is 0 Å². The van der Waals surface area contributed by atoms with Gasteiger partial charge in [0, 0.05) is 24.8 Å². The van der Waals surface area contributed by atoms with Gasteiger partial charge in [-0.1, -0.05) is 49.6 Å². The van der Waals surface area contributed by atoms with Crippen molar-refractivity contribution in [1.29, 1.82) is 0 Å². The van der Waals surface area contributed by atoms with Crippen LogP contribution in [0.25, 0.3) is 22.3 Å². The van der Waals surface area contributed by atoms with Crippen molar-refractivity contribution < 1.29 is 4.42 Å². The van der Waals surface area contributed by atoms with Gasteiger partial charge in [0.25, 0.3) is 6.01 Å². The summed E-state index contributed by atoms with van der Waals surface area (Å²) >= 11 is 0. The molecule has 0 bridgehead atoms. The van der Waals surface area contributed by atoms with E-state index in [2.05, 4.69) is 24.6 Å². The third kappa shape index (κ3) is 3.05. The minimum Gasteiger partial charge on any atom is -0.431 e. The van der Waals surface area contributed by atoms with Crippen molar-refractivity contribution in [2.45, 2.75) is 44.1 Å². The lowest BCUT2D eigenvalue weighted by molar-refractivity contribution is 0.335. The minimum atomic E-state index is 0.288. The zero-order valence-corrected chi connectivity index (χ0v) is 16.8. The van der Waals surface area contributed by atoms with Crippen LogP contribution in [0.2, 0.25) is 0 Å². The molecule has 2 fully saturated rings. The molecule has 7 heteroatoms. The Bertz CT molecular complexity index is 1150. The van der Waals surface area contributed by atoms with Gasteiger partial charge in [-0.3, -0.25) is 0 Å². The van der Waals surface area contributed by atoms with Crippen molar-refractivity contribution in [3.63, 3.8) is 0 Å². The standard InChI is InChI=1S/C23H24N6O/c1-3-7-16(8-4-1)20-15-30-23(26-20)28-13-18(14-28)21-24-11-17-12-25-29(22(17)27-21)19-9-5-2-6-10-19/h1,3-4,7-8,11-12,15,18-19H,2,5-6,9-10,13-14H2. The maximum Gasteiger partial charge on any atom is 0.297 e. The fourth-order valence-corrected chi connectivity index (χ4v) is 4.59. The fourth-order valence-electron chi connectivity index (χ4n) is 4.59. The van der Waals surface area contributed by atoms with Crippen LogP contribution in [-0.4, -0.2) is 37.8 Å². The Labute approximate surface area is 174 Å². The van der Waals surface area contributed by atoms with E-state index >= 15 is 0 Å². The third-order valence-corrected chi connectivity index (χ3v) is 6.35. The van der Waals surface area contributed by atoms with Gasteiger partial charge in [-0.15, -0.1) is 0 Å². The monoisotopic (exact) mass is 400 g/mol. The summed E-state index contributed by atoms with van der Waals surface area (Å²) in [5, 5.41) is 5.66. The topological polar surface area (TPSA) is 72.9 Å². The predicted molar refractivity (Wildman–Crippen MR) is 114 cm³/mol. The molecular formula is C23H24N6O. The smallest absolute Gasteiger partial charge is 0.297 e. The molecule has 7 nitrogen and oxygen atoms in total. The second kappa shape index (κ2) is 7.23. The molecule has 0 atom stereocenters. The van der Waals surface area contributed by atoms with Gasteiger partial charge in [-0.05, 0) is 12.8 Å². The Morgan fingerprint density at radius 3 is 2.60 bits per heavy atom. The van der Waals surface area contributed by atoms with Gasteiger partial charge in [0.2, 0.25) is 0 Å². The third-order valence-electron chi connectivity index (χ3n) is 6.35. The van der Waals surface area contributed by atoms with Crippen molar-refractivity contribution in [2.75, 3.05) is 18.0 Å². The number of aromatic nitrogens is 5. The molecule has 1 aromatic carbocycles. The van der Waals surface area contributed by atoms with E-state index in [4.69, 9.17) is 9.40 Å². The first kappa shape index (κ1) is 17.6. The highest BCUT2D eigenvalue weighted by atomic mass is 16.4. The van der Waals surface area contributed by atoms with E-state index in [1.807, 2.05) is 42.7 Å². The molecule has 0 N–H and O–H groups in total. The molecule has 3 aromatic heterocycles. The average molecular weight is 400 g/mol. The van der Waals surface area contributed by atoms with Crippen LogP contribution in [0, 0.1) is 0 Å². The molecule has 0 spiro atoms. The molecule has 1 saturated carbocycles. The van der Waals surface area contributed by atoms with Gasteiger partial charge in [0.05, 0.1) is 23.5 Å². The van der Waals surface area contributed by atoms with Gasteiger partial charge >= 0.3 is 0 Å². The zero-order chi connectivity index (χ0) is 19.9. The van der Waals surface area contributed by atoms with Gasteiger partial charge in [0.1, 0.15) is 17.8 Å². The van der Waals surface area contributed by atoms with Gasteiger partial charge in [0.15, 0.2) is 5.65 Å². The lowest BCUT2D eigenvalue weighted by Gasteiger charge is -2.36. The van der Waals surface area contributed by atoms with Gasteiger partial charge in [-0.25, -0.2) is 14.6 Å². The summed E-state index contributed by atoms with van der Waals surface area (Å²) < 4.78 is 7.86. The normalized spacial score (nSPS) is 18.1. The van der Waals surface area contributed by atoms with Crippen molar-refractivity contribution in [3.05, 3.63) is 54.8 Å². The molecule has 0 amide bonds. The lowest BCUT2D eigenvalue weighted by atomic mass is 9.96. The number of hydrogen-bond donors (Lipinski definition) is 0. The number of rotatable bonds is 4. The first-order valence-electron chi connectivity index (χ1n) is 10.8. The first-order valence-corrected chi connectivity index (χ1v) is 10.8. The average Bonchev–Trinajstić information content (AvgIpc) is 3.41. The van der Waals surface area contributed by atoms with Crippen LogP contribution >= 0.6 is 0 Å². The highest BCUT2D eigenvalue weighted by molar-refractivity contribution is 5.73. The van der Waals surface area contributed by atoms with E-state index < -0.39 is 0 Å². The largest absolute Gasteiger partial charge is 0.431 e. The molecule has 4 heterocycles. The zero-order valence-electron chi connectivity index (χ0n) is 16.8. The molecule has 1 aliphatic carbocycles. The van der Waals surface area contributed by atoms with Crippen LogP contribution in [0.4, 0.5) is 6.01 Å². The van der Waals surface area contributed by atoms with Crippen LogP contribution in [0.15, 0.2) is 53.4 Å². The van der Waals surface area contributed by atoms with E-state index in [1.54, 1.807) is 6.26 Å². The maximum absolute atomic E-state index is 5.72. The first-order chi connectivity index (χ1) is 14.8. The van der Waals surface area contributed by atoms with Gasteiger partial charge < -0.3 is 9.32 Å². The summed E-state index contributed by atoms with van der Waals surface area (Å²) in [6.45, 7) is 1.63. The van der Waals surface area contributed by atoms with E-state index in [9.17, 15) is 0 Å².